The van der Waals surface area contributed by atoms with Crippen molar-refractivity contribution in [3.63, 3.8) is 0 Å². The molecule has 1 aliphatic rings. The zero-order chi connectivity index (χ0) is 12.5. The van der Waals surface area contributed by atoms with Gasteiger partial charge in [-0.05, 0) is 31.0 Å². The van der Waals surface area contributed by atoms with Crippen LogP contribution >= 0.6 is 0 Å². The minimum absolute atomic E-state index is 0.0417. The summed E-state index contributed by atoms with van der Waals surface area (Å²) in [5, 5.41) is 2.95. The number of benzene rings is 1. The van der Waals surface area contributed by atoms with Gasteiger partial charge in [-0.1, -0.05) is 12.1 Å². The summed E-state index contributed by atoms with van der Waals surface area (Å²) in [7, 11) is 0. The highest BCUT2D eigenvalue weighted by Crippen LogP contribution is 2.28. The first-order valence-corrected chi connectivity index (χ1v) is 5.74. The molecule has 3 N–H and O–H groups in total. The minimum atomic E-state index is -0.532. The third kappa shape index (κ3) is 2.18. The van der Waals surface area contributed by atoms with Crippen molar-refractivity contribution in [2.24, 2.45) is 11.1 Å². The molecule has 1 saturated heterocycles. The van der Waals surface area contributed by atoms with Gasteiger partial charge in [0.25, 0.3) is 0 Å². The lowest BCUT2D eigenvalue weighted by molar-refractivity contribution is -0.153. The zero-order valence-corrected chi connectivity index (χ0v) is 10.2. The SMILES string of the molecule is Cc1ccc(C)c(NC(=O)C2(CN)COC2)c1. The van der Waals surface area contributed by atoms with Crippen LogP contribution in [-0.4, -0.2) is 25.7 Å². The van der Waals surface area contributed by atoms with E-state index < -0.39 is 5.41 Å². The van der Waals surface area contributed by atoms with Gasteiger partial charge in [0.2, 0.25) is 5.91 Å². The molecule has 0 spiro atoms. The zero-order valence-electron chi connectivity index (χ0n) is 10.2. The van der Waals surface area contributed by atoms with Gasteiger partial charge >= 0.3 is 0 Å². The quantitative estimate of drug-likeness (QED) is 0.826. The van der Waals surface area contributed by atoms with Gasteiger partial charge in [-0.3, -0.25) is 4.79 Å². The van der Waals surface area contributed by atoms with Crippen molar-refractivity contribution in [2.45, 2.75) is 13.8 Å². The molecular formula is C13H18N2O2. The fraction of sp³-hybridized carbons (Fsp3) is 0.462. The molecule has 1 aliphatic heterocycles. The Morgan fingerprint density at radius 1 is 1.47 bits per heavy atom. The van der Waals surface area contributed by atoms with Gasteiger partial charge in [0, 0.05) is 12.2 Å². The Hall–Kier alpha value is -1.39. The average molecular weight is 234 g/mol. The Bertz CT molecular complexity index is 434. The summed E-state index contributed by atoms with van der Waals surface area (Å²) in [6.45, 7) is 5.13. The Kier molecular flexibility index (Phi) is 3.17. The van der Waals surface area contributed by atoms with Gasteiger partial charge in [-0.15, -0.1) is 0 Å². The lowest BCUT2D eigenvalue weighted by Crippen LogP contribution is -2.56. The molecule has 1 fully saturated rings. The maximum atomic E-state index is 12.1. The molecule has 0 saturated carbocycles. The Morgan fingerprint density at radius 2 is 2.18 bits per heavy atom. The maximum Gasteiger partial charge on any atom is 0.236 e. The van der Waals surface area contributed by atoms with Crippen LogP contribution in [0.5, 0.6) is 0 Å². The molecule has 0 aliphatic carbocycles. The Morgan fingerprint density at radius 3 is 2.71 bits per heavy atom. The molecule has 0 aromatic heterocycles. The molecule has 92 valence electrons. The second-order valence-electron chi connectivity index (χ2n) is 4.75. The topological polar surface area (TPSA) is 64.4 Å². The second-order valence-corrected chi connectivity index (χ2v) is 4.75. The molecule has 0 bridgehead atoms. The number of rotatable bonds is 3. The van der Waals surface area contributed by atoms with Gasteiger partial charge in [-0.25, -0.2) is 0 Å². The highest BCUT2D eigenvalue weighted by molar-refractivity contribution is 5.97. The van der Waals surface area contributed by atoms with Crippen molar-refractivity contribution in [3.8, 4) is 0 Å². The van der Waals surface area contributed by atoms with Gasteiger partial charge < -0.3 is 15.8 Å². The van der Waals surface area contributed by atoms with Gasteiger partial charge in [0.05, 0.1) is 13.2 Å². The van der Waals surface area contributed by atoms with Crippen molar-refractivity contribution >= 4 is 11.6 Å². The third-order valence-electron chi connectivity index (χ3n) is 3.27. The number of hydrogen-bond donors (Lipinski definition) is 2. The molecule has 0 unspecified atom stereocenters. The van der Waals surface area contributed by atoms with E-state index in [1.54, 1.807) is 0 Å². The highest BCUT2D eigenvalue weighted by Gasteiger charge is 2.44. The van der Waals surface area contributed by atoms with Crippen molar-refractivity contribution < 1.29 is 9.53 Å². The molecule has 4 heteroatoms. The number of amides is 1. The smallest absolute Gasteiger partial charge is 0.236 e. The molecule has 1 amide bonds. The number of nitrogens with one attached hydrogen (secondary N) is 1. The van der Waals surface area contributed by atoms with E-state index in [9.17, 15) is 4.79 Å². The number of carbonyl (C=O) groups is 1. The van der Waals surface area contributed by atoms with E-state index in [-0.39, 0.29) is 5.91 Å². The third-order valence-corrected chi connectivity index (χ3v) is 3.27. The van der Waals surface area contributed by atoms with Crippen molar-refractivity contribution in [1.82, 2.24) is 0 Å². The molecule has 0 radical (unpaired) electrons. The number of anilines is 1. The Labute approximate surface area is 101 Å². The summed E-state index contributed by atoms with van der Waals surface area (Å²) >= 11 is 0. The number of carbonyl (C=O) groups excluding carboxylic acids is 1. The van der Waals surface area contributed by atoms with Crippen LogP contribution in [0.4, 0.5) is 5.69 Å². The van der Waals surface area contributed by atoms with Crippen LogP contribution in [0, 0.1) is 19.3 Å². The largest absolute Gasteiger partial charge is 0.379 e. The number of aryl methyl sites for hydroxylation is 2. The molecular weight excluding hydrogens is 216 g/mol. The van der Waals surface area contributed by atoms with Crippen LogP contribution in [0.2, 0.25) is 0 Å². The van der Waals surface area contributed by atoms with E-state index in [4.69, 9.17) is 10.5 Å². The van der Waals surface area contributed by atoms with Crippen molar-refractivity contribution in [2.75, 3.05) is 25.1 Å². The van der Waals surface area contributed by atoms with Gasteiger partial charge in [0.15, 0.2) is 0 Å². The van der Waals surface area contributed by atoms with Crippen molar-refractivity contribution in [3.05, 3.63) is 29.3 Å². The first-order chi connectivity index (χ1) is 8.07. The number of nitrogens with two attached hydrogens (primary N) is 1. The fourth-order valence-corrected chi connectivity index (χ4v) is 1.82. The van der Waals surface area contributed by atoms with Crippen LogP contribution in [0.25, 0.3) is 0 Å². The molecule has 1 heterocycles. The molecule has 2 rings (SSSR count). The number of ether oxygens (including phenoxy) is 1. The monoisotopic (exact) mass is 234 g/mol. The average Bonchev–Trinajstić information content (AvgIpc) is 2.23. The van der Waals surface area contributed by atoms with E-state index in [2.05, 4.69) is 5.32 Å². The summed E-state index contributed by atoms with van der Waals surface area (Å²) in [4.78, 5) is 12.1. The van der Waals surface area contributed by atoms with E-state index in [0.717, 1.165) is 16.8 Å². The van der Waals surface area contributed by atoms with E-state index >= 15 is 0 Å². The van der Waals surface area contributed by atoms with Crippen LogP contribution in [0.15, 0.2) is 18.2 Å². The molecule has 17 heavy (non-hydrogen) atoms. The van der Waals surface area contributed by atoms with Gasteiger partial charge in [-0.2, -0.15) is 0 Å². The molecule has 1 aromatic carbocycles. The second kappa shape index (κ2) is 4.47. The lowest BCUT2D eigenvalue weighted by atomic mass is 9.85. The normalized spacial score (nSPS) is 17.4. The first kappa shape index (κ1) is 12.1. The standard InChI is InChI=1S/C13H18N2O2/c1-9-3-4-10(2)11(5-9)15-12(16)13(6-14)7-17-8-13/h3-5H,6-8,14H2,1-2H3,(H,15,16). The van der Waals surface area contributed by atoms with Crippen molar-refractivity contribution in [1.29, 1.82) is 0 Å². The summed E-state index contributed by atoms with van der Waals surface area (Å²) in [5.41, 5.74) is 8.15. The minimum Gasteiger partial charge on any atom is -0.379 e. The maximum absolute atomic E-state index is 12.1. The molecule has 0 atom stereocenters. The molecule has 1 aromatic rings. The van der Waals surface area contributed by atoms with Crippen LogP contribution in [0.3, 0.4) is 0 Å². The first-order valence-electron chi connectivity index (χ1n) is 5.74. The van der Waals surface area contributed by atoms with E-state index in [1.165, 1.54) is 0 Å². The fourth-order valence-electron chi connectivity index (χ4n) is 1.82. The number of hydrogen-bond acceptors (Lipinski definition) is 3. The highest BCUT2D eigenvalue weighted by atomic mass is 16.5. The summed E-state index contributed by atoms with van der Waals surface area (Å²) < 4.78 is 5.10. The summed E-state index contributed by atoms with van der Waals surface area (Å²) in [6.07, 6.45) is 0. The van der Waals surface area contributed by atoms with Crippen LogP contribution < -0.4 is 11.1 Å². The molecule has 4 nitrogen and oxygen atoms in total. The Balaban J connectivity index is 2.15. The van der Waals surface area contributed by atoms with E-state index in [1.807, 2.05) is 32.0 Å². The van der Waals surface area contributed by atoms with Gasteiger partial charge in [0.1, 0.15) is 5.41 Å². The van der Waals surface area contributed by atoms with Crippen LogP contribution in [-0.2, 0) is 9.53 Å². The predicted molar refractivity (Wildman–Crippen MR) is 66.9 cm³/mol. The lowest BCUT2D eigenvalue weighted by Gasteiger charge is -2.38. The summed E-state index contributed by atoms with van der Waals surface area (Å²) in [5.74, 6) is -0.0417. The van der Waals surface area contributed by atoms with Crippen LogP contribution in [0.1, 0.15) is 11.1 Å². The predicted octanol–water partition coefficient (Wildman–Crippen LogP) is 1.22. The summed E-state index contributed by atoms with van der Waals surface area (Å²) in [6, 6.07) is 5.99. The van der Waals surface area contributed by atoms with E-state index in [0.29, 0.717) is 19.8 Å².